The first-order chi connectivity index (χ1) is 15.7. The van der Waals surface area contributed by atoms with Gasteiger partial charge in [0.25, 0.3) is 0 Å². The molecule has 0 bridgehead atoms. The van der Waals surface area contributed by atoms with Gasteiger partial charge >= 0.3 is 6.09 Å². The molecule has 3 aromatic carbocycles. The molecule has 0 aromatic heterocycles. The molecule has 0 saturated carbocycles. The van der Waals surface area contributed by atoms with Gasteiger partial charge in [0, 0.05) is 5.69 Å². The maximum absolute atomic E-state index is 13.1. The van der Waals surface area contributed by atoms with Gasteiger partial charge in [-0.15, -0.1) is 0 Å². The fourth-order valence-electron chi connectivity index (χ4n) is 3.77. The van der Waals surface area contributed by atoms with Gasteiger partial charge in [0.1, 0.15) is 17.9 Å². The molecule has 0 radical (unpaired) electrons. The van der Waals surface area contributed by atoms with Crippen LogP contribution in [0.4, 0.5) is 10.5 Å². The molecule has 1 N–H and O–H groups in total. The molecule has 2 amide bonds. The number of amides is 2. The number of rotatable bonds is 4. The molecule has 0 spiro atoms. The lowest BCUT2D eigenvalue weighted by molar-refractivity contribution is -0.127. The Labute approximate surface area is 193 Å². The van der Waals surface area contributed by atoms with Crippen molar-refractivity contribution in [2.75, 3.05) is 18.0 Å². The van der Waals surface area contributed by atoms with Crippen molar-refractivity contribution in [3.8, 4) is 5.75 Å². The molecular weight excluding hydrogens is 420 g/mol. The number of aromatic hydroxyl groups is 1. The van der Waals surface area contributed by atoms with Crippen LogP contribution in [0.3, 0.4) is 0 Å². The molecule has 33 heavy (non-hydrogen) atoms. The molecule has 1 atom stereocenters. The molecule has 7 heteroatoms. The molecule has 3 aromatic rings. The van der Waals surface area contributed by atoms with Gasteiger partial charge in [-0.25, -0.2) is 4.79 Å². The van der Waals surface area contributed by atoms with Crippen LogP contribution in [0.2, 0.25) is 0 Å². The van der Waals surface area contributed by atoms with E-state index in [0.29, 0.717) is 5.69 Å². The molecule has 1 heterocycles. The molecule has 0 aliphatic carbocycles. The number of hydrogen-bond donors (Lipinski definition) is 1. The van der Waals surface area contributed by atoms with Crippen molar-refractivity contribution in [3.63, 3.8) is 0 Å². The van der Waals surface area contributed by atoms with Crippen LogP contribution in [0.5, 0.6) is 5.75 Å². The maximum atomic E-state index is 13.1. The van der Waals surface area contributed by atoms with E-state index in [-0.39, 0.29) is 31.4 Å². The van der Waals surface area contributed by atoms with E-state index in [1.54, 1.807) is 32.9 Å². The molecule has 1 aliphatic heterocycles. The first kappa shape index (κ1) is 22.6. The van der Waals surface area contributed by atoms with Crippen LogP contribution in [-0.2, 0) is 20.9 Å². The summed E-state index contributed by atoms with van der Waals surface area (Å²) in [7, 11) is 0. The quantitative estimate of drug-likeness (QED) is 0.627. The summed E-state index contributed by atoms with van der Waals surface area (Å²) in [5, 5.41) is 11.9. The Morgan fingerprint density at radius 2 is 1.73 bits per heavy atom. The van der Waals surface area contributed by atoms with E-state index in [4.69, 9.17) is 9.47 Å². The van der Waals surface area contributed by atoms with Crippen molar-refractivity contribution >= 4 is 28.5 Å². The smallest absolute Gasteiger partial charge is 0.410 e. The summed E-state index contributed by atoms with van der Waals surface area (Å²) < 4.78 is 11.7. The third-order valence-electron chi connectivity index (χ3n) is 5.30. The maximum Gasteiger partial charge on any atom is 0.410 e. The van der Waals surface area contributed by atoms with Crippen LogP contribution < -0.4 is 4.90 Å². The Morgan fingerprint density at radius 1 is 1.03 bits per heavy atom. The number of anilines is 1. The topological polar surface area (TPSA) is 79.3 Å². The summed E-state index contributed by atoms with van der Waals surface area (Å²) >= 11 is 0. The first-order valence-corrected chi connectivity index (χ1v) is 10.9. The van der Waals surface area contributed by atoms with Crippen molar-refractivity contribution in [3.05, 3.63) is 72.3 Å². The molecule has 4 rings (SSSR count). The van der Waals surface area contributed by atoms with E-state index < -0.39 is 17.9 Å². The fraction of sp³-hybridized carbons (Fsp3) is 0.308. The van der Waals surface area contributed by atoms with Gasteiger partial charge in [0.15, 0.2) is 6.23 Å². The van der Waals surface area contributed by atoms with Crippen molar-refractivity contribution in [1.82, 2.24) is 4.90 Å². The Balaban J connectivity index is 1.57. The molecule has 0 unspecified atom stereocenters. The van der Waals surface area contributed by atoms with Crippen LogP contribution in [0.1, 0.15) is 26.3 Å². The van der Waals surface area contributed by atoms with E-state index in [2.05, 4.69) is 6.07 Å². The summed E-state index contributed by atoms with van der Waals surface area (Å²) in [4.78, 5) is 28.6. The van der Waals surface area contributed by atoms with Gasteiger partial charge in [-0.05, 0) is 67.4 Å². The monoisotopic (exact) mass is 448 g/mol. The number of piperazine rings is 1. The second-order valence-corrected chi connectivity index (χ2v) is 9.09. The summed E-state index contributed by atoms with van der Waals surface area (Å²) in [6.45, 7) is 5.66. The van der Waals surface area contributed by atoms with E-state index in [1.165, 1.54) is 21.9 Å². The van der Waals surface area contributed by atoms with Gasteiger partial charge in [0.05, 0.1) is 13.2 Å². The Morgan fingerprint density at radius 3 is 2.42 bits per heavy atom. The highest BCUT2D eigenvalue weighted by Gasteiger charge is 2.38. The number of fused-ring (bicyclic) bond motifs is 1. The lowest BCUT2D eigenvalue weighted by Crippen LogP contribution is -2.59. The van der Waals surface area contributed by atoms with E-state index in [1.807, 2.05) is 36.4 Å². The SMILES string of the molecule is CC(C)(C)OC(=O)N1CC(=O)N(c2ccc(O)cc2)[C@H](OCc2ccc3ccccc3c2)C1. The van der Waals surface area contributed by atoms with Crippen molar-refractivity contribution < 1.29 is 24.2 Å². The van der Waals surface area contributed by atoms with E-state index in [9.17, 15) is 14.7 Å². The number of nitrogens with zero attached hydrogens (tertiary/aromatic N) is 2. The average Bonchev–Trinajstić information content (AvgIpc) is 2.77. The normalized spacial score (nSPS) is 16.8. The number of carbonyl (C=O) groups is 2. The largest absolute Gasteiger partial charge is 0.508 e. The summed E-state index contributed by atoms with van der Waals surface area (Å²) in [5.41, 5.74) is 0.877. The zero-order chi connectivity index (χ0) is 23.6. The predicted octanol–water partition coefficient (Wildman–Crippen LogP) is 4.67. The number of phenols is 1. The standard InChI is InChI=1S/C26H28N2O5/c1-26(2,3)33-25(31)27-15-23(30)28(21-10-12-22(29)13-11-21)24(16-27)32-17-18-8-9-19-6-4-5-7-20(19)14-18/h4-14,24,29H,15-17H2,1-3H3/t24-/m1/s1. The fourth-order valence-corrected chi connectivity index (χ4v) is 3.77. The third-order valence-corrected chi connectivity index (χ3v) is 5.30. The molecule has 7 nitrogen and oxygen atoms in total. The average molecular weight is 449 g/mol. The highest BCUT2D eigenvalue weighted by Crippen LogP contribution is 2.26. The number of hydrogen-bond acceptors (Lipinski definition) is 5. The summed E-state index contributed by atoms with van der Waals surface area (Å²) in [6.07, 6.45) is -1.27. The van der Waals surface area contributed by atoms with E-state index in [0.717, 1.165) is 16.3 Å². The van der Waals surface area contributed by atoms with Crippen LogP contribution in [0.25, 0.3) is 10.8 Å². The summed E-state index contributed by atoms with van der Waals surface area (Å²) in [5.74, 6) is -0.187. The van der Waals surface area contributed by atoms with Gasteiger partial charge in [-0.1, -0.05) is 36.4 Å². The zero-order valence-electron chi connectivity index (χ0n) is 19.0. The van der Waals surface area contributed by atoms with Crippen molar-refractivity contribution in [1.29, 1.82) is 0 Å². The van der Waals surface area contributed by atoms with Gasteiger partial charge < -0.3 is 14.6 Å². The number of carbonyl (C=O) groups excluding carboxylic acids is 2. The summed E-state index contributed by atoms with van der Waals surface area (Å²) in [6, 6.07) is 20.5. The minimum absolute atomic E-state index is 0.104. The van der Waals surface area contributed by atoms with Gasteiger partial charge in [0.2, 0.25) is 5.91 Å². The number of benzene rings is 3. The lowest BCUT2D eigenvalue weighted by atomic mass is 10.1. The number of phenolic OH excluding ortho intramolecular Hbond substituents is 1. The van der Waals surface area contributed by atoms with Crippen LogP contribution in [0, 0.1) is 0 Å². The lowest BCUT2D eigenvalue weighted by Gasteiger charge is -2.40. The molecule has 1 saturated heterocycles. The van der Waals surface area contributed by atoms with E-state index >= 15 is 0 Å². The Kier molecular flexibility index (Phi) is 6.24. The highest BCUT2D eigenvalue weighted by molar-refractivity contribution is 5.97. The van der Waals surface area contributed by atoms with Crippen molar-refractivity contribution in [2.45, 2.75) is 39.2 Å². The molecular formula is C26H28N2O5. The highest BCUT2D eigenvalue weighted by atomic mass is 16.6. The molecule has 172 valence electrons. The van der Waals surface area contributed by atoms with Gasteiger partial charge in [-0.3, -0.25) is 14.6 Å². The Bertz CT molecular complexity index is 1150. The minimum atomic E-state index is -0.713. The predicted molar refractivity (Wildman–Crippen MR) is 126 cm³/mol. The Hall–Kier alpha value is -3.58. The third kappa shape index (κ3) is 5.43. The second kappa shape index (κ2) is 9.11. The van der Waals surface area contributed by atoms with Crippen molar-refractivity contribution in [2.24, 2.45) is 0 Å². The van der Waals surface area contributed by atoms with Crippen LogP contribution >= 0.6 is 0 Å². The zero-order valence-corrected chi connectivity index (χ0v) is 19.0. The van der Waals surface area contributed by atoms with Crippen LogP contribution in [0.15, 0.2) is 66.7 Å². The van der Waals surface area contributed by atoms with Crippen LogP contribution in [-0.4, -0.2) is 46.9 Å². The molecule has 1 fully saturated rings. The molecule has 1 aliphatic rings. The number of ether oxygens (including phenoxy) is 2. The first-order valence-electron chi connectivity index (χ1n) is 10.9. The second-order valence-electron chi connectivity index (χ2n) is 9.09. The minimum Gasteiger partial charge on any atom is -0.508 e. The van der Waals surface area contributed by atoms with Gasteiger partial charge in [-0.2, -0.15) is 0 Å².